The molecule has 0 unspecified atom stereocenters. The van der Waals surface area contributed by atoms with Gasteiger partial charge in [0.25, 0.3) is 0 Å². The van der Waals surface area contributed by atoms with Gasteiger partial charge in [0, 0.05) is 49.7 Å². The Kier molecular flexibility index (Phi) is 6.78. The van der Waals surface area contributed by atoms with Gasteiger partial charge >= 0.3 is 0 Å². The smallest absolute Gasteiger partial charge is 0.160 e. The Bertz CT molecular complexity index is 850. The van der Waals surface area contributed by atoms with Gasteiger partial charge in [0.2, 0.25) is 0 Å². The van der Waals surface area contributed by atoms with Gasteiger partial charge in [-0.05, 0) is 49.8 Å². The molecule has 1 N–H and O–H groups in total. The fourth-order valence-electron chi connectivity index (χ4n) is 5.39. The van der Waals surface area contributed by atoms with Gasteiger partial charge in [0.15, 0.2) is 5.78 Å². The molecule has 0 saturated heterocycles. The van der Waals surface area contributed by atoms with E-state index in [-0.39, 0.29) is 28.8 Å². The number of unbranched alkanes of at least 4 members (excludes halogenated alkanes) is 3. The highest BCUT2D eigenvalue weighted by molar-refractivity contribution is 5.97. The van der Waals surface area contributed by atoms with Crippen molar-refractivity contribution in [2.24, 2.45) is 5.92 Å². The zero-order chi connectivity index (χ0) is 23.0. The summed E-state index contributed by atoms with van der Waals surface area (Å²) in [4.78, 5) is 14.8. The lowest BCUT2D eigenvalue weighted by molar-refractivity contribution is -0.119. The molecule has 2 aliphatic rings. The number of phenolic OH excluding ortho intramolecular Hbond substituents is 1. The van der Waals surface area contributed by atoms with Crippen LogP contribution in [0, 0.1) is 5.92 Å². The first-order chi connectivity index (χ1) is 14.5. The maximum atomic E-state index is 12.9. The number of fused-ring (bicyclic) bond motifs is 3. The standard InChI is InChI=1S/C27H41NO3/c1-8-9-10-11-12-26(2,3)19-14-23(30)25-20-16-22(29)18(17-28(6)7)13-21(20)27(4,5)31-24(25)15-19/h14-15,17,20-21,30H,8-13,16H2,1-7H3/b18-17-/t20-,21-/m1/s1. The van der Waals surface area contributed by atoms with Crippen LogP contribution in [0.3, 0.4) is 0 Å². The van der Waals surface area contributed by atoms with Crippen LogP contribution in [-0.2, 0) is 10.2 Å². The number of rotatable bonds is 7. The summed E-state index contributed by atoms with van der Waals surface area (Å²) in [5, 5.41) is 11.1. The Morgan fingerprint density at radius 1 is 1.19 bits per heavy atom. The van der Waals surface area contributed by atoms with E-state index >= 15 is 0 Å². The molecule has 0 radical (unpaired) electrons. The minimum atomic E-state index is -0.403. The van der Waals surface area contributed by atoms with Crippen LogP contribution in [-0.4, -0.2) is 35.5 Å². The van der Waals surface area contributed by atoms with Crippen molar-refractivity contribution in [2.75, 3.05) is 14.1 Å². The summed E-state index contributed by atoms with van der Waals surface area (Å²) < 4.78 is 6.52. The van der Waals surface area contributed by atoms with E-state index in [1.54, 1.807) is 0 Å². The molecule has 4 nitrogen and oxygen atoms in total. The van der Waals surface area contributed by atoms with Gasteiger partial charge in [-0.3, -0.25) is 4.79 Å². The van der Waals surface area contributed by atoms with E-state index in [9.17, 15) is 9.90 Å². The number of aromatic hydroxyl groups is 1. The van der Waals surface area contributed by atoms with Crippen molar-refractivity contribution >= 4 is 5.78 Å². The molecular weight excluding hydrogens is 386 g/mol. The molecule has 0 amide bonds. The molecule has 1 aliphatic carbocycles. The molecule has 0 bridgehead atoms. The van der Waals surface area contributed by atoms with Crippen molar-refractivity contribution in [1.29, 1.82) is 0 Å². The lowest BCUT2D eigenvalue weighted by atomic mass is 9.64. The fourth-order valence-corrected chi connectivity index (χ4v) is 5.39. The van der Waals surface area contributed by atoms with E-state index in [0.717, 1.165) is 28.9 Å². The molecule has 0 aromatic heterocycles. The second-order valence-electron chi connectivity index (χ2n) is 11.0. The minimum absolute atomic E-state index is 0.00715. The van der Waals surface area contributed by atoms with Crippen LogP contribution < -0.4 is 4.74 Å². The number of Topliss-reactive ketones (excluding diaryl/α,β-unsaturated/α-hetero) is 1. The maximum absolute atomic E-state index is 12.9. The molecule has 3 rings (SSSR count). The third-order valence-corrected chi connectivity index (χ3v) is 7.30. The summed E-state index contributed by atoms with van der Waals surface area (Å²) in [7, 11) is 3.89. The van der Waals surface area contributed by atoms with Crippen molar-refractivity contribution in [1.82, 2.24) is 4.90 Å². The third-order valence-electron chi connectivity index (χ3n) is 7.30. The average molecular weight is 428 g/mol. The van der Waals surface area contributed by atoms with Gasteiger partial charge in [-0.25, -0.2) is 0 Å². The number of benzene rings is 1. The largest absolute Gasteiger partial charge is 0.508 e. The predicted octanol–water partition coefficient (Wildman–Crippen LogP) is 6.32. The van der Waals surface area contributed by atoms with Crippen LogP contribution in [0.1, 0.15) is 96.6 Å². The number of carbonyl (C=O) groups is 1. The Hall–Kier alpha value is -1.97. The summed E-state index contributed by atoms with van der Waals surface area (Å²) in [5.74, 6) is 1.37. The maximum Gasteiger partial charge on any atom is 0.160 e. The molecule has 1 aromatic rings. The van der Waals surface area contributed by atoms with Crippen molar-refractivity contribution in [2.45, 2.75) is 96.5 Å². The Morgan fingerprint density at radius 3 is 2.55 bits per heavy atom. The van der Waals surface area contributed by atoms with Gasteiger partial charge in [-0.15, -0.1) is 0 Å². The molecule has 0 spiro atoms. The summed E-state index contributed by atoms with van der Waals surface area (Å²) >= 11 is 0. The zero-order valence-corrected chi connectivity index (χ0v) is 20.5. The van der Waals surface area contributed by atoms with E-state index in [2.05, 4.69) is 40.7 Å². The number of phenols is 1. The molecule has 31 heavy (non-hydrogen) atoms. The molecule has 1 aliphatic heterocycles. The number of hydrogen-bond donors (Lipinski definition) is 1. The van der Waals surface area contributed by atoms with Crippen LogP contribution in [0.15, 0.2) is 23.9 Å². The van der Waals surface area contributed by atoms with Crippen LogP contribution >= 0.6 is 0 Å². The molecule has 1 saturated carbocycles. The van der Waals surface area contributed by atoms with Crippen LogP contribution in [0.4, 0.5) is 0 Å². The normalized spacial score (nSPS) is 23.8. The first-order valence-corrected chi connectivity index (χ1v) is 11.9. The first-order valence-electron chi connectivity index (χ1n) is 11.9. The van der Waals surface area contributed by atoms with Crippen molar-refractivity contribution in [3.8, 4) is 11.5 Å². The van der Waals surface area contributed by atoms with E-state index in [4.69, 9.17) is 4.74 Å². The van der Waals surface area contributed by atoms with Gasteiger partial charge in [-0.1, -0.05) is 46.5 Å². The first kappa shape index (κ1) is 23.7. The number of nitrogens with zero attached hydrogens (tertiary/aromatic N) is 1. The van der Waals surface area contributed by atoms with E-state index in [1.807, 2.05) is 31.3 Å². The second kappa shape index (κ2) is 8.88. The number of ether oxygens (including phenoxy) is 1. The zero-order valence-electron chi connectivity index (χ0n) is 20.5. The topological polar surface area (TPSA) is 49.8 Å². The number of allylic oxidation sites excluding steroid dienone is 1. The monoisotopic (exact) mass is 427 g/mol. The summed E-state index contributed by atoms with van der Waals surface area (Å²) in [6, 6.07) is 4.05. The quantitative estimate of drug-likeness (QED) is 0.409. The summed E-state index contributed by atoms with van der Waals surface area (Å²) in [6.45, 7) is 11.0. The Morgan fingerprint density at radius 2 is 1.90 bits per heavy atom. The van der Waals surface area contributed by atoms with Crippen molar-refractivity contribution in [3.63, 3.8) is 0 Å². The van der Waals surface area contributed by atoms with Gasteiger partial charge < -0.3 is 14.7 Å². The molecule has 1 heterocycles. The molecular formula is C27H41NO3. The number of hydrogen-bond acceptors (Lipinski definition) is 4. The molecule has 172 valence electrons. The Balaban J connectivity index is 1.94. The second-order valence-corrected chi connectivity index (χ2v) is 11.0. The predicted molar refractivity (Wildman–Crippen MR) is 127 cm³/mol. The Labute approximate surface area is 188 Å². The average Bonchev–Trinajstić information content (AvgIpc) is 2.65. The molecule has 1 fully saturated rings. The van der Waals surface area contributed by atoms with Crippen LogP contribution in [0.2, 0.25) is 0 Å². The third kappa shape index (κ3) is 4.94. The van der Waals surface area contributed by atoms with Crippen LogP contribution in [0.25, 0.3) is 0 Å². The van der Waals surface area contributed by atoms with Crippen LogP contribution in [0.5, 0.6) is 11.5 Å². The molecule has 2 atom stereocenters. The summed E-state index contributed by atoms with van der Waals surface area (Å²) in [5.41, 5.74) is 2.36. The lowest BCUT2D eigenvalue weighted by Gasteiger charge is -2.48. The van der Waals surface area contributed by atoms with Crippen molar-refractivity contribution < 1.29 is 14.6 Å². The van der Waals surface area contributed by atoms with E-state index in [0.29, 0.717) is 12.8 Å². The molecule has 1 aromatic carbocycles. The highest BCUT2D eigenvalue weighted by Crippen LogP contribution is 2.55. The summed E-state index contributed by atoms with van der Waals surface area (Å²) in [6.07, 6.45) is 9.06. The SMILES string of the molecule is CCCCCCC(C)(C)c1cc(O)c2c(c1)OC(C)(C)[C@@H]1C/C(=C/N(C)C)C(=O)C[C@@H]21. The highest BCUT2D eigenvalue weighted by Gasteiger charge is 2.49. The fraction of sp³-hybridized carbons (Fsp3) is 0.667. The highest BCUT2D eigenvalue weighted by atomic mass is 16.5. The van der Waals surface area contributed by atoms with Gasteiger partial charge in [-0.2, -0.15) is 0 Å². The van der Waals surface area contributed by atoms with Gasteiger partial charge in [0.05, 0.1) is 0 Å². The molecule has 4 heteroatoms. The van der Waals surface area contributed by atoms with Crippen molar-refractivity contribution in [3.05, 3.63) is 35.0 Å². The lowest BCUT2D eigenvalue weighted by Crippen LogP contribution is -2.47. The number of ketones is 1. The van der Waals surface area contributed by atoms with E-state index < -0.39 is 5.60 Å². The number of carbonyl (C=O) groups excluding carboxylic acids is 1. The minimum Gasteiger partial charge on any atom is -0.508 e. The van der Waals surface area contributed by atoms with E-state index in [1.165, 1.54) is 25.7 Å². The van der Waals surface area contributed by atoms with Gasteiger partial charge in [0.1, 0.15) is 17.1 Å².